The molecule has 0 spiro atoms. The first kappa shape index (κ1) is 11.1. The lowest BCUT2D eigenvalue weighted by molar-refractivity contribution is 0.326. The molecule has 0 saturated heterocycles. The van der Waals surface area contributed by atoms with Crippen LogP contribution < -0.4 is 0 Å². The van der Waals surface area contributed by atoms with E-state index in [1.54, 1.807) is 0 Å². The van der Waals surface area contributed by atoms with Crippen molar-refractivity contribution < 1.29 is 4.39 Å². The molecule has 2 rings (SSSR count). The lowest BCUT2D eigenvalue weighted by atomic mass is 10.0. The van der Waals surface area contributed by atoms with E-state index in [0.717, 1.165) is 11.3 Å². The summed E-state index contributed by atoms with van der Waals surface area (Å²) in [4.78, 5) is 8.02. The van der Waals surface area contributed by atoms with E-state index in [0.29, 0.717) is 12.1 Å². The van der Waals surface area contributed by atoms with Gasteiger partial charge in [0.25, 0.3) is 0 Å². The fraction of sp³-hybridized carbons (Fsp3) is 0.636. The Morgan fingerprint density at radius 2 is 2.00 bits per heavy atom. The van der Waals surface area contributed by atoms with Gasteiger partial charge in [-0.2, -0.15) is 0 Å². The maximum atomic E-state index is 13.3. The fourth-order valence-electron chi connectivity index (χ4n) is 1.90. The van der Waals surface area contributed by atoms with Crippen LogP contribution >= 0.6 is 0 Å². The van der Waals surface area contributed by atoms with Crippen LogP contribution in [0.2, 0.25) is 0 Å². The highest BCUT2D eigenvalue weighted by molar-refractivity contribution is 5.33. The third-order valence-electron chi connectivity index (χ3n) is 2.46. The standard InChI is InChI=1S/C9H11FN2.C2H6/c1-5-3-7(10)9-8(5)6(2)11-4-12-9;1-2/h4-5,7H,3H2,1-2H3;1-2H3/t5-,7-;/m0./s1. The van der Waals surface area contributed by atoms with E-state index in [9.17, 15) is 4.39 Å². The van der Waals surface area contributed by atoms with Gasteiger partial charge < -0.3 is 0 Å². The van der Waals surface area contributed by atoms with E-state index in [-0.39, 0.29) is 5.92 Å². The van der Waals surface area contributed by atoms with Crippen molar-refractivity contribution in [3.8, 4) is 0 Å². The monoisotopic (exact) mass is 196 g/mol. The molecule has 1 aromatic rings. The molecule has 0 unspecified atom stereocenters. The number of hydrogen-bond donors (Lipinski definition) is 0. The zero-order valence-corrected chi connectivity index (χ0v) is 9.21. The highest BCUT2D eigenvalue weighted by Gasteiger charge is 2.30. The van der Waals surface area contributed by atoms with Crippen molar-refractivity contribution in [1.82, 2.24) is 9.97 Å². The van der Waals surface area contributed by atoms with E-state index in [1.807, 2.05) is 27.7 Å². The van der Waals surface area contributed by atoms with Crippen LogP contribution in [0.15, 0.2) is 6.33 Å². The molecule has 3 heteroatoms. The van der Waals surface area contributed by atoms with Gasteiger partial charge in [-0.25, -0.2) is 14.4 Å². The molecule has 0 radical (unpaired) electrons. The molecular formula is C11H17FN2. The molecule has 1 aliphatic rings. The number of aryl methyl sites for hydroxylation is 1. The molecular weight excluding hydrogens is 179 g/mol. The minimum atomic E-state index is -0.878. The van der Waals surface area contributed by atoms with Gasteiger partial charge in [0.1, 0.15) is 12.5 Å². The number of alkyl halides is 1. The molecule has 0 aliphatic heterocycles. The predicted molar refractivity (Wildman–Crippen MR) is 55.0 cm³/mol. The Balaban J connectivity index is 0.000000461. The number of hydrogen-bond acceptors (Lipinski definition) is 2. The Kier molecular flexibility index (Phi) is 3.55. The summed E-state index contributed by atoms with van der Waals surface area (Å²) < 4.78 is 13.3. The van der Waals surface area contributed by atoms with E-state index < -0.39 is 6.17 Å². The average molecular weight is 196 g/mol. The molecule has 1 heterocycles. The predicted octanol–water partition coefficient (Wildman–Crippen LogP) is 3.33. The summed E-state index contributed by atoms with van der Waals surface area (Å²) in [5.74, 6) is 0.274. The lowest BCUT2D eigenvalue weighted by Crippen LogP contribution is -1.97. The zero-order valence-electron chi connectivity index (χ0n) is 9.21. The van der Waals surface area contributed by atoms with Crippen LogP contribution in [-0.4, -0.2) is 9.97 Å². The number of nitrogens with zero attached hydrogens (tertiary/aromatic N) is 2. The van der Waals surface area contributed by atoms with E-state index in [1.165, 1.54) is 6.33 Å². The lowest BCUT2D eigenvalue weighted by Gasteiger charge is -2.04. The molecule has 0 N–H and O–H groups in total. The highest BCUT2D eigenvalue weighted by Crippen LogP contribution is 2.41. The van der Waals surface area contributed by atoms with Crippen molar-refractivity contribution in [1.29, 1.82) is 0 Å². The van der Waals surface area contributed by atoms with Crippen LogP contribution in [0.3, 0.4) is 0 Å². The summed E-state index contributed by atoms with van der Waals surface area (Å²) in [6.45, 7) is 7.93. The summed E-state index contributed by atoms with van der Waals surface area (Å²) in [6, 6.07) is 0. The molecule has 2 atom stereocenters. The van der Waals surface area contributed by atoms with Gasteiger partial charge in [0, 0.05) is 11.3 Å². The smallest absolute Gasteiger partial charge is 0.143 e. The van der Waals surface area contributed by atoms with Crippen molar-refractivity contribution in [2.24, 2.45) is 0 Å². The van der Waals surface area contributed by atoms with Gasteiger partial charge in [-0.3, -0.25) is 0 Å². The minimum Gasteiger partial charge on any atom is -0.241 e. The van der Waals surface area contributed by atoms with Crippen molar-refractivity contribution in [2.45, 2.75) is 46.2 Å². The first-order valence-electron chi connectivity index (χ1n) is 5.15. The average Bonchev–Trinajstić information content (AvgIpc) is 2.47. The summed E-state index contributed by atoms with van der Waals surface area (Å²) >= 11 is 0. The van der Waals surface area contributed by atoms with Crippen molar-refractivity contribution >= 4 is 0 Å². The summed E-state index contributed by atoms with van der Waals surface area (Å²) in [5, 5.41) is 0. The second-order valence-electron chi connectivity index (χ2n) is 3.36. The van der Waals surface area contributed by atoms with Crippen LogP contribution in [-0.2, 0) is 0 Å². The molecule has 0 bridgehead atoms. The molecule has 1 aliphatic carbocycles. The second kappa shape index (κ2) is 4.49. The Labute approximate surface area is 84.6 Å². The Bertz CT molecular complexity index is 312. The third-order valence-corrected chi connectivity index (χ3v) is 2.46. The molecule has 14 heavy (non-hydrogen) atoms. The molecule has 0 saturated carbocycles. The van der Waals surface area contributed by atoms with Gasteiger partial charge in [-0.15, -0.1) is 0 Å². The van der Waals surface area contributed by atoms with Gasteiger partial charge in [0.15, 0.2) is 0 Å². The van der Waals surface area contributed by atoms with Crippen LogP contribution in [0.1, 0.15) is 56.2 Å². The normalized spacial score (nSPS) is 23.8. The van der Waals surface area contributed by atoms with E-state index in [4.69, 9.17) is 0 Å². The van der Waals surface area contributed by atoms with Gasteiger partial charge in [0.2, 0.25) is 0 Å². The van der Waals surface area contributed by atoms with Crippen molar-refractivity contribution in [2.75, 3.05) is 0 Å². The molecule has 0 amide bonds. The maximum absolute atomic E-state index is 13.3. The van der Waals surface area contributed by atoms with Gasteiger partial charge in [-0.05, 0) is 19.3 Å². The van der Waals surface area contributed by atoms with Crippen LogP contribution in [0.25, 0.3) is 0 Å². The molecule has 78 valence electrons. The van der Waals surface area contributed by atoms with Crippen LogP contribution in [0.5, 0.6) is 0 Å². The molecule has 2 nitrogen and oxygen atoms in total. The summed E-state index contributed by atoms with van der Waals surface area (Å²) in [7, 11) is 0. The van der Waals surface area contributed by atoms with E-state index in [2.05, 4.69) is 9.97 Å². The Morgan fingerprint density at radius 1 is 1.36 bits per heavy atom. The first-order chi connectivity index (χ1) is 6.70. The number of fused-ring (bicyclic) bond motifs is 1. The first-order valence-corrected chi connectivity index (χ1v) is 5.15. The molecule has 0 aromatic carbocycles. The SMILES string of the molecule is CC.Cc1ncnc2c1[C@@H](C)C[C@@H]2F. The Hall–Kier alpha value is -0.990. The van der Waals surface area contributed by atoms with Gasteiger partial charge in [0.05, 0.1) is 5.69 Å². The second-order valence-corrected chi connectivity index (χ2v) is 3.36. The number of aromatic nitrogens is 2. The maximum Gasteiger partial charge on any atom is 0.143 e. The van der Waals surface area contributed by atoms with Crippen LogP contribution in [0, 0.1) is 6.92 Å². The van der Waals surface area contributed by atoms with Gasteiger partial charge in [-0.1, -0.05) is 20.8 Å². The topological polar surface area (TPSA) is 25.8 Å². The summed E-state index contributed by atoms with van der Waals surface area (Å²) in [6.07, 6.45) is 1.13. The quantitative estimate of drug-likeness (QED) is 0.636. The Morgan fingerprint density at radius 3 is 2.57 bits per heavy atom. The largest absolute Gasteiger partial charge is 0.241 e. The minimum absolute atomic E-state index is 0.274. The van der Waals surface area contributed by atoms with Gasteiger partial charge >= 0.3 is 0 Å². The zero-order chi connectivity index (χ0) is 10.7. The number of halogens is 1. The molecule has 1 aromatic heterocycles. The number of rotatable bonds is 0. The summed E-state index contributed by atoms with van der Waals surface area (Å²) in [5.41, 5.74) is 2.55. The third kappa shape index (κ3) is 1.76. The highest BCUT2D eigenvalue weighted by atomic mass is 19.1. The van der Waals surface area contributed by atoms with Crippen LogP contribution in [0.4, 0.5) is 4.39 Å². The fourth-order valence-corrected chi connectivity index (χ4v) is 1.90. The van der Waals surface area contributed by atoms with E-state index >= 15 is 0 Å². The molecule has 0 fully saturated rings. The van der Waals surface area contributed by atoms with Crippen molar-refractivity contribution in [3.63, 3.8) is 0 Å². The van der Waals surface area contributed by atoms with Crippen molar-refractivity contribution in [3.05, 3.63) is 23.3 Å².